The lowest BCUT2D eigenvalue weighted by Gasteiger charge is -2.34. The lowest BCUT2D eigenvalue weighted by Crippen LogP contribution is -2.47. The van der Waals surface area contributed by atoms with Gasteiger partial charge in [-0.1, -0.05) is 24.3 Å². The Morgan fingerprint density at radius 1 is 1.17 bits per heavy atom. The highest BCUT2D eigenvalue weighted by atomic mass is 127. The highest BCUT2D eigenvalue weighted by Crippen LogP contribution is 2.19. The van der Waals surface area contributed by atoms with Crippen LogP contribution in [0.5, 0.6) is 0 Å². The molecule has 1 amide bonds. The molecule has 30 heavy (non-hydrogen) atoms. The molecule has 1 aliphatic rings. The molecule has 0 radical (unpaired) electrons. The van der Waals surface area contributed by atoms with E-state index in [1.165, 1.54) is 11.1 Å². The number of guanidine groups is 1. The Bertz CT molecular complexity index is 690. The molecule has 1 aromatic carbocycles. The largest absolute Gasteiger partial charge is 0.444 e. The number of aliphatic imine (C=N–C) groups is 1. The fraction of sp³-hybridized carbons (Fsp3) is 0.636. The predicted molar refractivity (Wildman–Crippen MR) is 134 cm³/mol. The maximum Gasteiger partial charge on any atom is 0.407 e. The van der Waals surface area contributed by atoms with Crippen LogP contribution in [0.1, 0.15) is 45.2 Å². The number of hydrogen-bond donors (Lipinski definition) is 3. The van der Waals surface area contributed by atoms with Crippen LogP contribution >= 0.6 is 24.0 Å². The van der Waals surface area contributed by atoms with E-state index in [2.05, 4.69) is 57.0 Å². The van der Waals surface area contributed by atoms with Crippen LogP contribution in [0.2, 0.25) is 0 Å². The van der Waals surface area contributed by atoms with Crippen molar-refractivity contribution >= 4 is 36.0 Å². The maximum atomic E-state index is 11.6. The van der Waals surface area contributed by atoms with Crippen LogP contribution in [-0.4, -0.2) is 61.8 Å². The van der Waals surface area contributed by atoms with Crippen LogP contribution in [0.15, 0.2) is 29.3 Å². The zero-order chi connectivity index (χ0) is 21.3. The molecule has 8 heteroatoms. The van der Waals surface area contributed by atoms with Crippen molar-refractivity contribution in [3.63, 3.8) is 0 Å². The molecule has 0 fully saturated rings. The Hall–Kier alpha value is -1.55. The summed E-state index contributed by atoms with van der Waals surface area (Å²) in [6, 6.07) is 9.12. The number of benzene rings is 1. The van der Waals surface area contributed by atoms with Gasteiger partial charge in [-0.15, -0.1) is 24.0 Å². The van der Waals surface area contributed by atoms with E-state index in [0.717, 1.165) is 45.0 Å². The molecular formula is C22H38IN5O2. The second kappa shape index (κ2) is 13.0. The molecule has 0 aromatic heterocycles. The molecule has 1 unspecified atom stereocenters. The lowest BCUT2D eigenvalue weighted by atomic mass is 9.99. The summed E-state index contributed by atoms with van der Waals surface area (Å²) in [5.74, 6) is 0.784. The molecule has 2 rings (SSSR count). The highest BCUT2D eigenvalue weighted by Gasteiger charge is 2.20. The van der Waals surface area contributed by atoms with Crippen molar-refractivity contribution < 1.29 is 9.53 Å². The summed E-state index contributed by atoms with van der Waals surface area (Å²) < 4.78 is 5.22. The predicted octanol–water partition coefficient (Wildman–Crippen LogP) is 3.13. The standard InChI is InChI=1S/C22H37N5O2.HI/c1-17(27-14-11-18-9-6-7-10-19(18)16-27)15-26-20(23-5)24-12-8-13-25-21(28)29-22(2,3)4;/h6-7,9-10,17H,8,11-16H2,1-5H3,(H,25,28)(H2,23,24,26);1H. The van der Waals surface area contributed by atoms with Crippen LogP contribution in [0, 0.1) is 0 Å². The third-order valence-corrected chi connectivity index (χ3v) is 4.89. The van der Waals surface area contributed by atoms with Crippen LogP contribution in [0.4, 0.5) is 4.79 Å². The Balaban J connectivity index is 0.00000450. The molecule has 0 aliphatic carbocycles. The van der Waals surface area contributed by atoms with Gasteiger partial charge in [-0.05, 0) is 51.7 Å². The molecule has 170 valence electrons. The first-order valence-corrected chi connectivity index (χ1v) is 10.5. The van der Waals surface area contributed by atoms with Gasteiger partial charge >= 0.3 is 6.09 Å². The van der Waals surface area contributed by atoms with Gasteiger partial charge in [0, 0.05) is 45.8 Å². The van der Waals surface area contributed by atoms with Crippen molar-refractivity contribution in [1.29, 1.82) is 0 Å². The van der Waals surface area contributed by atoms with Crippen molar-refractivity contribution in [3.8, 4) is 0 Å². The summed E-state index contributed by atoms with van der Waals surface area (Å²) in [5.41, 5.74) is 2.44. The average Bonchev–Trinajstić information content (AvgIpc) is 2.68. The fourth-order valence-corrected chi connectivity index (χ4v) is 3.29. The highest BCUT2D eigenvalue weighted by molar-refractivity contribution is 14.0. The molecule has 0 bridgehead atoms. The van der Waals surface area contributed by atoms with Crippen LogP contribution in [-0.2, 0) is 17.7 Å². The summed E-state index contributed by atoms with van der Waals surface area (Å²) in [6.07, 6.45) is 1.52. The monoisotopic (exact) mass is 531 g/mol. The SMILES string of the molecule is CN=C(NCCCNC(=O)OC(C)(C)C)NCC(C)N1CCc2ccccc2C1.I. The number of fused-ring (bicyclic) bond motifs is 1. The molecule has 0 spiro atoms. The number of alkyl carbamates (subject to hydrolysis) is 1. The molecule has 1 heterocycles. The number of amides is 1. The fourth-order valence-electron chi connectivity index (χ4n) is 3.29. The number of halogens is 1. The Morgan fingerprint density at radius 2 is 1.83 bits per heavy atom. The maximum absolute atomic E-state index is 11.6. The molecule has 0 saturated carbocycles. The normalized spacial score (nSPS) is 15.4. The molecule has 1 aliphatic heterocycles. The van der Waals surface area contributed by atoms with E-state index >= 15 is 0 Å². The lowest BCUT2D eigenvalue weighted by molar-refractivity contribution is 0.0527. The summed E-state index contributed by atoms with van der Waals surface area (Å²) in [5, 5.41) is 9.46. The minimum atomic E-state index is -0.471. The van der Waals surface area contributed by atoms with Crippen molar-refractivity contribution in [2.75, 3.05) is 33.2 Å². The molecular weight excluding hydrogens is 493 g/mol. The van der Waals surface area contributed by atoms with E-state index in [9.17, 15) is 4.79 Å². The van der Waals surface area contributed by atoms with E-state index in [4.69, 9.17) is 4.74 Å². The number of nitrogens with zero attached hydrogens (tertiary/aromatic N) is 2. The van der Waals surface area contributed by atoms with E-state index in [1.54, 1.807) is 7.05 Å². The second-order valence-electron chi connectivity index (χ2n) is 8.50. The van der Waals surface area contributed by atoms with Crippen molar-refractivity contribution in [2.24, 2.45) is 4.99 Å². The third kappa shape index (κ3) is 9.51. The van der Waals surface area contributed by atoms with Crippen molar-refractivity contribution in [2.45, 2.75) is 58.7 Å². The second-order valence-corrected chi connectivity index (χ2v) is 8.50. The Morgan fingerprint density at radius 3 is 2.50 bits per heavy atom. The zero-order valence-corrected chi connectivity index (χ0v) is 21.3. The van der Waals surface area contributed by atoms with Gasteiger partial charge in [0.2, 0.25) is 0 Å². The quantitative estimate of drug-likeness (QED) is 0.218. The number of nitrogens with one attached hydrogen (secondary N) is 3. The molecule has 0 saturated heterocycles. The number of rotatable bonds is 7. The molecule has 7 nitrogen and oxygen atoms in total. The van der Waals surface area contributed by atoms with Gasteiger partial charge in [-0.25, -0.2) is 4.79 Å². The first-order chi connectivity index (χ1) is 13.8. The number of carbonyl (C=O) groups is 1. The Labute approximate surface area is 198 Å². The van der Waals surface area contributed by atoms with Gasteiger partial charge in [0.05, 0.1) is 0 Å². The molecule has 1 atom stereocenters. The van der Waals surface area contributed by atoms with Crippen LogP contribution in [0.3, 0.4) is 0 Å². The van der Waals surface area contributed by atoms with E-state index in [0.29, 0.717) is 12.6 Å². The summed E-state index contributed by atoms with van der Waals surface area (Å²) in [4.78, 5) is 18.4. The number of hydrogen-bond acceptors (Lipinski definition) is 4. The molecule has 3 N–H and O–H groups in total. The van der Waals surface area contributed by atoms with Gasteiger partial charge in [-0.2, -0.15) is 0 Å². The minimum absolute atomic E-state index is 0. The van der Waals surface area contributed by atoms with Crippen molar-refractivity contribution in [3.05, 3.63) is 35.4 Å². The topological polar surface area (TPSA) is 78.0 Å². The van der Waals surface area contributed by atoms with Gasteiger partial charge in [0.1, 0.15) is 5.60 Å². The van der Waals surface area contributed by atoms with E-state index in [1.807, 2.05) is 20.8 Å². The van der Waals surface area contributed by atoms with Crippen LogP contribution < -0.4 is 16.0 Å². The third-order valence-electron chi connectivity index (χ3n) is 4.89. The summed E-state index contributed by atoms with van der Waals surface area (Å²) in [6.45, 7) is 12.0. The summed E-state index contributed by atoms with van der Waals surface area (Å²) in [7, 11) is 1.77. The number of carbonyl (C=O) groups excluding carboxylic acids is 1. The first kappa shape index (κ1) is 26.5. The smallest absolute Gasteiger partial charge is 0.407 e. The van der Waals surface area contributed by atoms with Crippen molar-refractivity contribution in [1.82, 2.24) is 20.9 Å². The number of ether oxygens (including phenoxy) is 1. The van der Waals surface area contributed by atoms with Gasteiger partial charge in [0.15, 0.2) is 5.96 Å². The van der Waals surface area contributed by atoms with Gasteiger partial charge in [0.25, 0.3) is 0 Å². The Kier molecular flexibility index (Phi) is 11.5. The van der Waals surface area contributed by atoms with Gasteiger partial charge in [-0.3, -0.25) is 9.89 Å². The van der Waals surface area contributed by atoms with E-state index < -0.39 is 5.60 Å². The average molecular weight is 531 g/mol. The van der Waals surface area contributed by atoms with E-state index in [-0.39, 0.29) is 30.1 Å². The first-order valence-electron chi connectivity index (χ1n) is 10.5. The molecule has 1 aromatic rings. The van der Waals surface area contributed by atoms with Crippen LogP contribution in [0.25, 0.3) is 0 Å². The summed E-state index contributed by atoms with van der Waals surface area (Å²) >= 11 is 0. The minimum Gasteiger partial charge on any atom is -0.444 e. The van der Waals surface area contributed by atoms with Gasteiger partial charge < -0.3 is 20.7 Å². The zero-order valence-electron chi connectivity index (χ0n) is 19.0.